The first-order valence-corrected chi connectivity index (χ1v) is 5.96. The van der Waals surface area contributed by atoms with Crippen LogP contribution in [0.4, 0.5) is 5.82 Å². The fourth-order valence-electron chi connectivity index (χ4n) is 1.75. The summed E-state index contributed by atoms with van der Waals surface area (Å²) in [5, 5.41) is 12.2. The standard InChI is InChI=1S/C14H15N3O2/c1-9-6-7-11(14(18)19)13(16-9)17-10(2)12-5-3-4-8-15-12/h3-8,10H,1-2H3,(H,16,17)(H,18,19). The fourth-order valence-corrected chi connectivity index (χ4v) is 1.75. The van der Waals surface area contributed by atoms with Crippen LogP contribution in [0.5, 0.6) is 0 Å². The zero-order valence-electron chi connectivity index (χ0n) is 10.8. The highest BCUT2D eigenvalue weighted by Crippen LogP contribution is 2.20. The molecule has 0 aliphatic heterocycles. The number of anilines is 1. The van der Waals surface area contributed by atoms with E-state index in [1.807, 2.05) is 32.0 Å². The number of aromatic carboxylic acids is 1. The van der Waals surface area contributed by atoms with Crippen LogP contribution in [-0.4, -0.2) is 21.0 Å². The summed E-state index contributed by atoms with van der Waals surface area (Å²) < 4.78 is 0. The monoisotopic (exact) mass is 257 g/mol. The van der Waals surface area contributed by atoms with Crippen LogP contribution in [0.25, 0.3) is 0 Å². The van der Waals surface area contributed by atoms with E-state index in [1.165, 1.54) is 0 Å². The molecule has 2 aromatic heterocycles. The summed E-state index contributed by atoms with van der Waals surface area (Å²) in [5.74, 6) is -0.631. The molecular formula is C14H15N3O2. The lowest BCUT2D eigenvalue weighted by atomic mass is 10.2. The number of carbonyl (C=O) groups is 1. The van der Waals surface area contributed by atoms with Crippen LogP contribution >= 0.6 is 0 Å². The van der Waals surface area contributed by atoms with Gasteiger partial charge in [0.15, 0.2) is 0 Å². The van der Waals surface area contributed by atoms with Gasteiger partial charge in [-0.25, -0.2) is 9.78 Å². The van der Waals surface area contributed by atoms with E-state index in [9.17, 15) is 4.79 Å². The summed E-state index contributed by atoms with van der Waals surface area (Å²) in [6.45, 7) is 3.74. The van der Waals surface area contributed by atoms with E-state index >= 15 is 0 Å². The van der Waals surface area contributed by atoms with Gasteiger partial charge in [-0.3, -0.25) is 4.98 Å². The second kappa shape index (κ2) is 5.48. The van der Waals surface area contributed by atoms with Gasteiger partial charge < -0.3 is 10.4 Å². The highest BCUT2D eigenvalue weighted by molar-refractivity contribution is 5.93. The van der Waals surface area contributed by atoms with Gasteiger partial charge >= 0.3 is 5.97 Å². The molecule has 0 saturated carbocycles. The lowest BCUT2D eigenvalue weighted by Crippen LogP contribution is -2.13. The lowest BCUT2D eigenvalue weighted by molar-refractivity contribution is 0.0697. The van der Waals surface area contributed by atoms with Crippen LogP contribution in [-0.2, 0) is 0 Å². The molecule has 0 amide bonds. The molecule has 98 valence electrons. The first-order chi connectivity index (χ1) is 9.08. The van der Waals surface area contributed by atoms with Crippen molar-refractivity contribution in [3.05, 3.63) is 53.5 Å². The molecule has 0 fully saturated rings. The molecule has 5 nitrogen and oxygen atoms in total. The normalized spacial score (nSPS) is 11.9. The molecule has 1 unspecified atom stereocenters. The zero-order chi connectivity index (χ0) is 13.8. The van der Waals surface area contributed by atoms with Gasteiger partial charge in [0.1, 0.15) is 11.4 Å². The Bertz CT molecular complexity index is 584. The Morgan fingerprint density at radius 2 is 2.11 bits per heavy atom. The lowest BCUT2D eigenvalue weighted by Gasteiger charge is -2.15. The summed E-state index contributed by atoms with van der Waals surface area (Å²) in [4.78, 5) is 19.6. The van der Waals surface area contributed by atoms with Crippen LogP contribution in [0.2, 0.25) is 0 Å². The van der Waals surface area contributed by atoms with Crippen molar-refractivity contribution in [2.75, 3.05) is 5.32 Å². The first-order valence-electron chi connectivity index (χ1n) is 5.96. The third kappa shape index (κ3) is 3.07. The van der Waals surface area contributed by atoms with E-state index in [1.54, 1.807) is 18.3 Å². The summed E-state index contributed by atoms with van der Waals surface area (Å²) in [7, 11) is 0. The van der Waals surface area contributed by atoms with Crippen molar-refractivity contribution in [1.29, 1.82) is 0 Å². The maximum Gasteiger partial charge on any atom is 0.339 e. The smallest absolute Gasteiger partial charge is 0.339 e. The minimum atomic E-state index is -0.997. The average molecular weight is 257 g/mol. The van der Waals surface area contributed by atoms with Crippen LogP contribution in [0.1, 0.15) is 34.7 Å². The number of aromatic nitrogens is 2. The third-order valence-corrected chi connectivity index (χ3v) is 2.75. The molecule has 0 spiro atoms. The quantitative estimate of drug-likeness (QED) is 0.880. The Labute approximate surface area is 111 Å². The molecule has 0 radical (unpaired) electrons. The molecule has 2 heterocycles. The van der Waals surface area contributed by atoms with E-state index in [0.29, 0.717) is 5.82 Å². The summed E-state index contributed by atoms with van der Waals surface area (Å²) in [6, 6.07) is 8.73. The van der Waals surface area contributed by atoms with Gasteiger partial charge in [-0.2, -0.15) is 0 Å². The minimum absolute atomic E-state index is 0.117. The molecule has 2 rings (SSSR count). The zero-order valence-corrected chi connectivity index (χ0v) is 10.8. The van der Waals surface area contributed by atoms with Gasteiger partial charge in [0, 0.05) is 11.9 Å². The molecule has 0 saturated heterocycles. The molecule has 5 heteroatoms. The van der Waals surface area contributed by atoms with E-state index in [-0.39, 0.29) is 11.6 Å². The van der Waals surface area contributed by atoms with Gasteiger partial charge in [-0.15, -0.1) is 0 Å². The average Bonchev–Trinajstić information content (AvgIpc) is 2.39. The predicted molar refractivity (Wildman–Crippen MR) is 72.2 cm³/mol. The largest absolute Gasteiger partial charge is 0.478 e. The van der Waals surface area contributed by atoms with Gasteiger partial charge in [-0.05, 0) is 38.1 Å². The fraction of sp³-hybridized carbons (Fsp3) is 0.214. The van der Waals surface area contributed by atoms with E-state index in [4.69, 9.17) is 5.11 Å². The first kappa shape index (κ1) is 13.0. The van der Waals surface area contributed by atoms with Crippen molar-refractivity contribution in [1.82, 2.24) is 9.97 Å². The van der Waals surface area contributed by atoms with Gasteiger partial charge in [0.2, 0.25) is 0 Å². The molecule has 0 bridgehead atoms. The number of hydrogen-bond donors (Lipinski definition) is 2. The maximum absolute atomic E-state index is 11.2. The van der Waals surface area contributed by atoms with Crippen molar-refractivity contribution < 1.29 is 9.90 Å². The van der Waals surface area contributed by atoms with E-state index in [2.05, 4.69) is 15.3 Å². The second-order valence-corrected chi connectivity index (χ2v) is 4.27. The van der Waals surface area contributed by atoms with Crippen molar-refractivity contribution in [3.63, 3.8) is 0 Å². The molecule has 2 N–H and O–H groups in total. The number of aryl methyl sites for hydroxylation is 1. The molecule has 0 aromatic carbocycles. The van der Waals surface area contributed by atoms with Gasteiger partial charge in [0.25, 0.3) is 0 Å². The van der Waals surface area contributed by atoms with Gasteiger partial charge in [-0.1, -0.05) is 6.07 Å². The SMILES string of the molecule is Cc1ccc(C(=O)O)c(NC(C)c2ccccn2)n1. The number of rotatable bonds is 4. The number of hydrogen-bond acceptors (Lipinski definition) is 4. The molecule has 1 atom stereocenters. The number of pyridine rings is 2. The topological polar surface area (TPSA) is 75.1 Å². The minimum Gasteiger partial charge on any atom is -0.478 e. The number of nitrogens with zero attached hydrogens (tertiary/aromatic N) is 2. The number of nitrogens with one attached hydrogen (secondary N) is 1. The van der Waals surface area contributed by atoms with E-state index in [0.717, 1.165) is 11.4 Å². The summed E-state index contributed by atoms with van der Waals surface area (Å²) >= 11 is 0. The highest BCUT2D eigenvalue weighted by Gasteiger charge is 2.14. The summed E-state index contributed by atoms with van der Waals surface area (Å²) in [6.07, 6.45) is 1.70. The predicted octanol–water partition coefficient (Wildman–Crippen LogP) is 2.66. The van der Waals surface area contributed by atoms with Crippen LogP contribution in [0.15, 0.2) is 36.5 Å². The van der Waals surface area contributed by atoms with Crippen molar-refractivity contribution in [2.45, 2.75) is 19.9 Å². The van der Waals surface area contributed by atoms with Crippen molar-refractivity contribution in [3.8, 4) is 0 Å². The van der Waals surface area contributed by atoms with Crippen LogP contribution in [0.3, 0.4) is 0 Å². The third-order valence-electron chi connectivity index (χ3n) is 2.75. The Morgan fingerprint density at radius 3 is 2.74 bits per heavy atom. The maximum atomic E-state index is 11.2. The molecular weight excluding hydrogens is 242 g/mol. The summed E-state index contributed by atoms with van der Waals surface area (Å²) in [5.41, 5.74) is 1.76. The van der Waals surface area contributed by atoms with Crippen molar-refractivity contribution in [2.24, 2.45) is 0 Å². The van der Waals surface area contributed by atoms with Crippen LogP contribution in [0, 0.1) is 6.92 Å². The Kier molecular flexibility index (Phi) is 3.75. The van der Waals surface area contributed by atoms with Crippen molar-refractivity contribution >= 4 is 11.8 Å². The Balaban J connectivity index is 2.28. The molecule has 0 aliphatic carbocycles. The van der Waals surface area contributed by atoms with Crippen LogP contribution < -0.4 is 5.32 Å². The molecule has 19 heavy (non-hydrogen) atoms. The molecule has 0 aliphatic rings. The van der Waals surface area contributed by atoms with E-state index < -0.39 is 5.97 Å². The Hall–Kier alpha value is -2.43. The highest BCUT2D eigenvalue weighted by atomic mass is 16.4. The van der Waals surface area contributed by atoms with Gasteiger partial charge in [0.05, 0.1) is 11.7 Å². The number of carboxylic acids is 1. The second-order valence-electron chi connectivity index (χ2n) is 4.27. The Morgan fingerprint density at radius 1 is 1.32 bits per heavy atom. The number of carboxylic acid groups (broad SMARTS) is 1. The molecule has 2 aromatic rings.